The van der Waals surface area contributed by atoms with E-state index in [1.807, 2.05) is 42.5 Å². The molecule has 0 aliphatic carbocycles. The topological polar surface area (TPSA) is 88.7 Å². The summed E-state index contributed by atoms with van der Waals surface area (Å²) in [5, 5.41) is 10.5. The first-order valence-electron chi connectivity index (χ1n) is 11.1. The molecule has 7 nitrogen and oxygen atoms in total. The molecule has 0 bridgehead atoms. The lowest BCUT2D eigenvalue weighted by molar-refractivity contribution is 0.0697. The van der Waals surface area contributed by atoms with Crippen LogP contribution in [-0.2, 0) is 6.42 Å². The van der Waals surface area contributed by atoms with Crippen molar-refractivity contribution in [3.05, 3.63) is 77.9 Å². The number of carboxylic acid groups (broad SMARTS) is 1. The highest BCUT2D eigenvalue weighted by atomic mass is 16.5. The highest BCUT2D eigenvalue weighted by Gasteiger charge is 2.26. The number of aryl methyl sites for hydroxylation is 1. The van der Waals surface area contributed by atoms with Crippen molar-refractivity contribution < 1.29 is 19.1 Å². The summed E-state index contributed by atoms with van der Waals surface area (Å²) in [6.07, 6.45) is 1.88. The van der Waals surface area contributed by atoms with Crippen LogP contribution < -0.4 is 9.64 Å². The Bertz CT molecular complexity index is 1540. The van der Waals surface area contributed by atoms with E-state index < -0.39 is 5.97 Å². The fourth-order valence-electron chi connectivity index (χ4n) is 4.55. The summed E-state index contributed by atoms with van der Waals surface area (Å²) in [7, 11) is 1.66. The van der Waals surface area contributed by atoms with Gasteiger partial charge in [-0.05, 0) is 66.9 Å². The van der Waals surface area contributed by atoms with Crippen LogP contribution in [0.1, 0.15) is 22.3 Å². The molecule has 168 valence electrons. The maximum Gasteiger partial charge on any atom is 0.335 e. The van der Waals surface area contributed by atoms with Gasteiger partial charge in [0, 0.05) is 17.6 Å². The second-order valence-corrected chi connectivity index (χ2v) is 8.30. The number of hydrogen-bond donors (Lipinski definition) is 1. The molecule has 0 unspecified atom stereocenters. The molecule has 1 N–H and O–H groups in total. The van der Waals surface area contributed by atoms with Gasteiger partial charge >= 0.3 is 5.97 Å². The molecule has 0 saturated carbocycles. The molecule has 1 aliphatic heterocycles. The smallest absolute Gasteiger partial charge is 0.335 e. The molecular weight excluding hydrogens is 430 g/mol. The van der Waals surface area contributed by atoms with Gasteiger partial charge in [0.15, 0.2) is 11.6 Å². The van der Waals surface area contributed by atoms with Gasteiger partial charge in [-0.2, -0.15) is 0 Å². The average Bonchev–Trinajstić information content (AvgIpc) is 3.31. The summed E-state index contributed by atoms with van der Waals surface area (Å²) in [6, 6.07) is 20.6. The summed E-state index contributed by atoms with van der Waals surface area (Å²) in [5.41, 5.74) is 4.90. The molecule has 5 aromatic rings. The fraction of sp³-hybridized carbons (Fsp3) is 0.148. The molecule has 0 fully saturated rings. The highest BCUT2D eigenvalue weighted by molar-refractivity contribution is 5.94. The Hall–Kier alpha value is -4.39. The van der Waals surface area contributed by atoms with Gasteiger partial charge in [0.1, 0.15) is 17.0 Å². The molecule has 34 heavy (non-hydrogen) atoms. The van der Waals surface area contributed by atoms with Gasteiger partial charge in [0.05, 0.1) is 23.7 Å². The van der Waals surface area contributed by atoms with Gasteiger partial charge in [-0.15, -0.1) is 0 Å². The van der Waals surface area contributed by atoms with Crippen LogP contribution >= 0.6 is 0 Å². The van der Waals surface area contributed by atoms with Crippen LogP contribution in [0.25, 0.3) is 33.5 Å². The van der Waals surface area contributed by atoms with Crippen molar-refractivity contribution in [1.29, 1.82) is 0 Å². The summed E-state index contributed by atoms with van der Waals surface area (Å²) >= 11 is 0. The van der Waals surface area contributed by atoms with E-state index in [2.05, 4.69) is 11.0 Å². The third-order valence-electron chi connectivity index (χ3n) is 6.21. The predicted molar refractivity (Wildman–Crippen MR) is 130 cm³/mol. The van der Waals surface area contributed by atoms with E-state index in [1.165, 1.54) is 5.56 Å². The van der Waals surface area contributed by atoms with E-state index in [0.29, 0.717) is 28.3 Å². The third-order valence-corrected chi connectivity index (χ3v) is 6.21. The van der Waals surface area contributed by atoms with Gasteiger partial charge in [-0.25, -0.2) is 14.8 Å². The van der Waals surface area contributed by atoms with Crippen LogP contribution in [0.15, 0.2) is 71.1 Å². The maximum atomic E-state index is 11.6. The first-order valence-corrected chi connectivity index (χ1v) is 11.1. The molecule has 7 heteroatoms. The van der Waals surface area contributed by atoms with Crippen molar-refractivity contribution in [3.63, 3.8) is 0 Å². The molecule has 0 radical (unpaired) electrons. The Labute approximate surface area is 195 Å². The van der Waals surface area contributed by atoms with Crippen LogP contribution in [-0.4, -0.2) is 34.7 Å². The fourth-order valence-corrected chi connectivity index (χ4v) is 4.55. The number of ether oxygens (including phenoxy) is 1. The van der Waals surface area contributed by atoms with E-state index in [9.17, 15) is 9.90 Å². The van der Waals surface area contributed by atoms with Crippen molar-refractivity contribution in [2.24, 2.45) is 0 Å². The number of para-hydroxylation sites is 1. The number of carbonyl (C=O) groups is 1. The first kappa shape index (κ1) is 20.2. The molecule has 3 aromatic carbocycles. The van der Waals surface area contributed by atoms with Crippen LogP contribution in [0.5, 0.6) is 5.75 Å². The Morgan fingerprint density at radius 1 is 1.03 bits per heavy atom. The normalized spacial score (nSPS) is 13.3. The summed E-state index contributed by atoms with van der Waals surface area (Å²) in [4.78, 5) is 23.5. The number of benzene rings is 3. The summed E-state index contributed by atoms with van der Waals surface area (Å²) in [5.74, 6) is 1.07. The molecule has 3 heterocycles. The van der Waals surface area contributed by atoms with E-state index in [4.69, 9.17) is 19.1 Å². The SMILES string of the molecule is COc1ccc2c(c1)CCCN2c1nc2cc(C(=O)O)ccc2nc1-c1cc2ccccc2o1. The minimum absolute atomic E-state index is 0.174. The van der Waals surface area contributed by atoms with E-state index in [1.54, 1.807) is 25.3 Å². The molecule has 2 aromatic heterocycles. The lowest BCUT2D eigenvalue weighted by Crippen LogP contribution is -2.26. The van der Waals surface area contributed by atoms with Crippen molar-refractivity contribution in [1.82, 2.24) is 9.97 Å². The van der Waals surface area contributed by atoms with E-state index in [-0.39, 0.29) is 5.56 Å². The van der Waals surface area contributed by atoms with Crippen molar-refractivity contribution in [3.8, 4) is 17.2 Å². The van der Waals surface area contributed by atoms with Crippen molar-refractivity contribution in [2.45, 2.75) is 12.8 Å². The van der Waals surface area contributed by atoms with E-state index in [0.717, 1.165) is 41.8 Å². The molecular formula is C27H21N3O4. The monoisotopic (exact) mass is 451 g/mol. The average molecular weight is 451 g/mol. The molecule has 6 rings (SSSR count). The van der Waals surface area contributed by atoms with Gasteiger partial charge in [0.2, 0.25) is 0 Å². The van der Waals surface area contributed by atoms with Crippen LogP contribution in [0.3, 0.4) is 0 Å². The number of nitrogens with zero attached hydrogens (tertiary/aromatic N) is 3. The molecule has 1 aliphatic rings. The Kier molecular flexibility index (Phi) is 4.69. The number of carboxylic acids is 1. The summed E-state index contributed by atoms with van der Waals surface area (Å²) in [6.45, 7) is 0.755. The number of hydrogen-bond acceptors (Lipinski definition) is 6. The molecule has 0 atom stereocenters. The lowest BCUT2D eigenvalue weighted by atomic mass is 10.0. The van der Waals surface area contributed by atoms with Crippen LogP contribution in [0, 0.1) is 0 Å². The predicted octanol–water partition coefficient (Wildman–Crippen LogP) is 5.83. The number of methoxy groups -OCH3 is 1. The zero-order valence-corrected chi connectivity index (χ0v) is 18.5. The van der Waals surface area contributed by atoms with Gasteiger partial charge in [-0.1, -0.05) is 18.2 Å². The third kappa shape index (κ3) is 3.33. The van der Waals surface area contributed by atoms with Gasteiger partial charge in [0.25, 0.3) is 0 Å². The molecule has 0 saturated heterocycles. The van der Waals surface area contributed by atoms with Crippen molar-refractivity contribution in [2.75, 3.05) is 18.6 Å². The van der Waals surface area contributed by atoms with Crippen LogP contribution in [0.4, 0.5) is 11.5 Å². The lowest BCUT2D eigenvalue weighted by Gasteiger charge is -2.31. The highest BCUT2D eigenvalue weighted by Crippen LogP contribution is 2.40. The Morgan fingerprint density at radius 3 is 2.74 bits per heavy atom. The van der Waals surface area contributed by atoms with Crippen molar-refractivity contribution >= 4 is 39.5 Å². The van der Waals surface area contributed by atoms with E-state index >= 15 is 0 Å². The first-order chi connectivity index (χ1) is 16.6. The molecule has 0 spiro atoms. The minimum atomic E-state index is -0.998. The quantitative estimate of drug-likeness (QED) is 0.367. The number of rotatable bonds is 4. The number of aromatic nitrogens is 2. The second-order valence-electron chi connectivity index (χ2n) is 8.30. The minimum Gasteiger partial charge on any atom is -0.497 e. The Balaban J connectivity index is 1.60. The molecule has 0 amide bonds. The number of aromatic carboxylic acids is 1. The second kappa shape index (κ2) is 7.88. The van der Waals surface area contributed by atoms with Gasteiger partial charge in [-0.3, -0.25) is 0 Å². The maximum absolute atomic E-state index is 11.6. The van der Waals surface area contributed by atoms with Crippen LogP contribution in [0.2, 0.25) is 0 Å². The number of anilines is 2. The van der Waals surface area contributed by atoms with Gasteiger partial charge < -0.3 is 19.2 Å². The number of furan rings is 1. The standard InChI is InChI=1S/C27H21N3O4/c1-33-19-9-11-22-16(13-19)6-4-12-30(22)26-25(24-15-17-5-2-3-7-23(17)34-24)28-20-10-8-18(27(31)32)14-21(20)29-26/h2-3,5,7-11,13-15H,4,6,12H2,1H3,(H,31,32). The Morgan fingerprint density at radius 2 is 1.91 bits per heavy atom. The zero-order valence-electron chi connectivity index (χ0n) is 18.5. The summed E-state index contributed by atoms with van der Waals surface area (Å²) < 4.78 is 11.6. The zero-order chi connectivity index (χ0) is 23.2. The number of fused-ring (bicyclic) bond motifs is 3. The largest absolute Gasteiger partial charge is 0.497 e.